The van der Waals surface area contributed by atoms with Crippen LogP contribution in [0.1, 0.15) is 5.56 Å². The number of anilines is 1. The maximum Gasteiger partial charge on any atom is 0.288 e. The molecular weight excluding hydrogens is 422 g/mol. The van der Waals surface area contributed by atoms with Gasteiger partial charge in [-0.25, -0.2) is 4.98 Å². The average Bonchev–Trinajstić information content (AvgIpc) is 3.20. The molecule has 30 heavy (non-hydrogen) atoms. The molecule has 4 aromatic rings. The summed E-state index contributed by atoms with van der Waals surface area (Å²) < 4.78 is 0. The van der Waals surface area contributed by atoms with E-state index in [1.807, 2.05) is 47.8 Å². The van der Waals surface area contributed by atoms with E-state index in [0.29, 0.717) is 10.7 Å². The number of hydrogen-bond donors (Lipinski definition) is 1. The number of thiazole rings is 1. The van der Waals surface area contributed by atoms with Crippen LogP contribution in [-0.4, -0.2) is 15.8 Å². The van der Waals surface area contributed by atoms with Crippen LogP contribution in [0.15, 0.2) is 72.1 Å². The van der Waals surface area contributed by atoms with Crippen LogP contribution in [-0.2, 0) is 4.79 Å². The Morgan fingerprint density at radius 2 is 1.93 bits per heavy atom. The minimum Gasteiger partial charge on any atom is -0.298 e. The number of fused-ring (bicyclic) bond motifs is 1. The molecule has 0 atom stereocenters. The summed E-state index contributed by atoms with van der Waals surface area (Å²) in [6.45, 7) is 0. The Morgan fingerprint density at radius 3 is 2.77 bits per heavy atom. The fraction of sp³-hybridized carbons (Fsp3) is 0. The van der Waals surface area contributed by atoms with E-state index in [-0.39, 0.29) is 16.6 Å². The highest BCUT2D eigenvalue weighted by atomic mass is 35.5. The number of nitro benzene ring substituents is 1. The van der Waals surface area contributed by atoms with E-state index in [2.05, 4.69) is 10.3 Å². The standard InChI is InChI=1S/C22H14ClN3O3S/c23-18-10-8-14(12-20(18)26(28)29)9-11-21(27)25-22-24-19(13-30-22)17-7-3-5-15-4-1-2-6-16(15)17/h1-13H,(H,24,25,27). The van der Waals surface area contributed by atoms with E-state index in [1.165, 1.54) is 35.6 Å². The van der Waals surface area contributed by atoms with Crippen LogP contribution in [0.4, 0.5) is 10.8 Å². The first-order valence-corrected chi connectivity index (χ1v) is 10.1. The highest BCUT2D eigenvalue weighted by Crippen LogP contribution is 2.31. The van der Waals surface area contributed by atoms with Gasteiger partial charge in [-0.2, -0.15) is 0 Å². The van der Waals surface area contributed by atoms with E-state index in [0.717, 1.165) is 22.0 Å². The number of halogens is 1. The first-order chi connectivity index (χ1) is 14.5. The van der Waals surface area contributed by atoms with Crippen molar-refractivity contribution < 1.29 is 9.72 Å². The molecule has 0 aliphatic carbocycles. The summed E-state index contributed by atoms with van der Waals surface area (Å²) in [6.07, 6.45) is 2.78. The molecule has 0 aliphatic heterocycles. The molecule has 3 aromatic carbocycles. The minimum absolute atomic E-state index is 0.0466. The molecule has 0 aliphatic rings. The first-order valence-electron chi connectivity index (χ1n) is 8.88. The van der Waals surface area contributed by atoms with E-state index < -0.39 is 4.92 Å². The summed E-state index contributed by atoms with van der Waals surface area (Å²) >= 11 is 7.13. The fourth-order valence-corrected chi connectivity index (χ4v) is 3.90. The van der Waals surface area contributed by atoms with Gasteiger partial charge in [-0.15, -0.1) is 11.3 Å². The van der Waals surface area contributed by atoms with Gasteiger partial charge in [0, 0.05) is 23.1 Å². The van der Waals surface area contributed by atoms with Gasteiger partial charge in [-0.3, -0.25) is 20.2 Å². The molecule has 0 bridgehead atoms. The van der Waals surface area contributed by atoms with E-state index in [9.17, 15) is 14.9 Å². The van der Waals surface area contributed by atoms with Gasteiger partial charge in [0.1, 0.15) is 5.02 Å². The molecule has 4 rings (SSSR count). The molecule has 0 saturated heterocycles. The van der Waals surface area contributed by atoms with Crippen molar-refractivity contribution in [2.24, 2.45) is 0 Å². The predicted molar refractivity (Wildman–Crippen MR) is 121 cm³/mol. The Balaban J connectivity index is 1.50. The molecule has 0 spiro atoms. The van der Waals surface area contributed by atoms with Crippen molar-refractivity contribution in [2.45, 2.75) is 0 Å². The molecule has 1 heterocycles. The van der Waals surface area contributed by atoms with Gasteiger partial charge in [0.2, 0.25) is 5.91 Å². The summed E-state index contributed by atoms with van der Waals surface area (Å²) in [5, 5.41) is 18.3. The summed E-state index contributed by atoms with van der Waals surface area (Å²) in [6, 6.07) is 18.4. The zero-order valence-corrected chi connectivity index (χ0v) is 17.0. The third-order valence-electron chi connectivity index (χ3n) is 4.39. The molecule has 0 fully saturated rings. The summed E-state index contributed by atoms with van der Waals surface area (Å²) in [5.41, 5.74) is 2.06. The average molecular weight is 436 g/mol. The van der Waals surface area contributed by atoms with E-state index >= 15 is 0 Å². The highest BCUT2D eigenvalue weighted by Gasteiger charge is 2.12. The lowest BCUT2D eigenvalue weighted by Crippen LogP contribution is -2.07. The second-order valence-electron chi connectivity index (χ2n) is 6.36. The monoisotopic (exact) mass is 435 g/mol. The van der Waals surface area contributed by atoms with Crippen molar-refractivity contribution in [3.05, 3.63) is 92.8 Å². The maximum atomic E-state index is 12.2. The number of amides is 1. The van der Waals surface area contributed by atoms with E-state index in [4.69, 9.17) is 11.6 Å². The molecule has 1 amide bonds. The number of nitrogens with zero attached hydrogens (tertiary/aromatic N) is 2. The van der Waals surface area contributed by atoms with Crippen molar-refractivity contribution in [3.63, 3.8) is 0 Å². The van der Waals surface area contributed by atoms with Crippen LogP contribution in [0.25, 0.3) is 28.1 Å². The predicted octanol–water partition coefficient (Wildman–Crippen LogP) is 6.18. The third-order valence-corrected chi connectivity index (χ3v) is 5.47. The molecule has 8 heteroatoms. The molecule has 0 unspecified atom stereocenters. The van der Waals surface area contributed by atoms with Gasteiger partial charge in [0.05, 0.1) is 10.6 Å². The van der Waals surface area contributed by atoms with Gasteiger partial charge >= 0.3 is 0 Å². The molecule has 0 saturated carbocycles. The normalized spacial score (nSPS) is 11.1. The van der Waals surface area contributed by atoms with Gasteiger partial charge in [-0.05, 0) is 28.5 Å². The third kappa shape index (κ3) is 4.22. The van der Waals surface area contributed by atoms with Crippen molar-refractivity contribution in [2.75, 3.05) is 5.32 Å². The Kier molecular flexibility index (Phi) is 5.56. The lowest BCUT2D eigenvalue weighted by Gasteiger charge is -2.03. The number of nitro groups is 1. The maximum absolute atomic E-state index is 12.2. The number of carbonyl (C=O) groups excluding carboxylic acids is 1. The number of nitrogens with one attached hydrogen (secondary N) is 1. The topological polar surface area (TPSA) is 85.1 Å². The molecule has 1 N–H and O–H groups in total. The number of hydrogen-bond acceptors (Lipinski definition) is 5. The largest absolute Gasteiger partial charge is 0.298 e. The van der Waals surface area contributed by atoms with Crippen molar-refractivity contribution in [1.82, 2.24) is 4.98 Å². The molecular formula is C22H14ClN3O3S. The summed E-state index contributed by atoms with van der Waals surface area (Å²) in [5.74, 6) is -0.383. The quantitative estimate of drug-likeness (QED) is 0.230. The lowest BCUT2D eigenvalue weighted by molar-refractivity contribution is -0.384. The molecule has 0 radical (unpaired) electrons. The van der Waals surface area contributed by atoms with Crippen molar-refractivity contribution in [3.8, 4) is 11.3 Å². The second kappa shape index (κ2) is 8.44. The minimum atomic E-state index is -0.565. The number of benzene rings is 3. The van der Waals surface area contributed by atoms with Gasteiger partial charge in [-0.1, -0.05) is 60.1 Å². The summed E-state index contributed by atoms with van der Waals surface area (Å²) in [4.78, 5) is 27.2. The van der Waals surface area contributed by atoms with Crippen LogP contribution >= 0.6 is 22.9 Å². The Morgan fingerprint density at radius 1 is 1.13 bits per heavy atom. The van der Waals surface area contributed by atoms with Crippen LogP contribution < -0.4 is 5.32 Å². The Hall–Kier alpha value is -3.55. The molecule has 1 aromatic heterocycles. The van der Waals surface area contributed by atoms with Crippen LogP contribution in [0.2, 0.25) is 5.02 Å². The van der Waals surface area contributed by atoms with Gasteiger partial charge in [0.15, 0.2) is 5.13 Å². The fourth-order valence-electron chi connectivity index (χ4n) is 3.00. The lowest BCUT2D eigenvalue weighted by atomic mass is 10.0. The van der Waals surface area contributed by atoms with Gasteiger partial charge in [0.25, 0.3) is 5.69 Å². The Bertz CT molecular complexity index is 1290. The first kappa shape index (κ1) is 19.8. The second-order valence-corrected chi connectivity index (χ2v) is 7.62. The SMILES string of the molecule is O=C(C=Cc1ccc(Cl)c([N+](=O)[O-])c1)Nc1nc(-c2cccc3ccccc23)cs1. The zero-order chi connectivity index (χ0) is 21.1. The Labute approximate surface area is 180 Å². The van der Waals surface area contributed by atoms with Crippen LogP contribution in [0.5, 0.6) is 0 Å². The van der Waals surface area contributed by atoms with Gasteiger partial charge < -0.3 is 0 Å². The smallest absolute Gasteiger partial charge is 0.288 e. The van der Waals surface area contributed by atoms with Crippen LogP contribution in [0, 0.1) is 10.1 Å². The number of aromatic nitrogens is 1. The number of rotatable bonds is 5. The summed E-state index contributed by atoms with van der Waals surface area (Å²) in [7, 11) is 0. The zero-order valence-electron chi connectivity index (χ0n) is 15.4. The van der Waals surface area contributed by atoms with Crippen molar-refractivity contribution >= 4 is 56.5 Å². The molecule has 6 nitrogen and oxygen atoms in total. The van der Waals surface area contributed by atoms with Crippen LogP contribution in [0.3, 0.4) is 0 Å². The van der Waals surface area contributed by atoms with E-state index in [1.54, 1.807) is 6.07 Å². The van der Waals surface area contributed by atoms with Crippen molar-refractivity contribution in [1.29, 1.82) is 0 Å². The highest BCUT2D eigenvalue weighted by molar-refractivity contribution is 7.14. The number of carbonyl (C=O) groups is 1. The molecule has 148 valence electrons.